The third kappa shape index (κ3) is 6.09. The van der Waals surface area contributed by atoms with Crippen molar-refractivity contribution in [3.05, 3.63) is 62.8 Å². The van der Waals surface area contributed by atoms with E-state index < -0.39 is 15.6 Å². The van der Waals surface area contributed by atoms with E-state index in [2.05, 4.69) is 0 Å². The van der Waals surface area contributed by atoms with Crippen LogP contribution >= 0.6 is 22.9 Å². The Bertz CT molecular complexity index is 1530. The van der Waals surface area contributed by atoms with E-state index in [0.717, 1.165) is 21.2 Å². The van der Waals surface area contributed by atoms with E-state index in [1.807, 2.05) is 32.9 Å². The van der Waals surface area contributed by atoms with Gasteiger partial charge in [0.15, 0.2) is 0 Å². The zero-order chi connectivity index (χ0) is 27.9. The summed E-state index contributed by atoms with van der Waals surface area (Å²) >= 11 is 7.53. The molecule has 0 unspecified atom stereocenters. The average molecular weight is 590 g/mol. The van der Waals surface area contributed by atoms with Crippen LogP contribution in [0.3, 0.4) is 0 Å². The molecule has 0 bridgehead atoms. The van der Waals surface area contributed by atoms with Crippen LogP contribution < -0.4 is 0 Å². The molecular weight excluding hydrogens is 558 g/mol. The molecule has 3 aromatic rings. The fourth-order valence-electron chi connectivity index (χ4n) is 4.92. The highest BCUT2D eigenvalue weighted by Crippen LogP contribution is 2.31. The number of fused-ring (bicyclic) bond motifs is 2. The molecular formula is C28H32ClN3O5S2. The highest BCUT2D eigenvalue weighted by Gasteiger charge is 2.31. The fraction of sp³-hybridized carbons (Fsp3) is 0.429. The molecule has 1 aromatic heterocycles. The minimum absolute atomic E-state index is 0.0972. The maximum atomic E-state index is 13.5. The van der Waals surface area contributed by atoms with Crippen molar-refractivity contribution in [3.8, 4) is 0 Å². The van der Waals surface area contributed by atoms with Gasteiger partial charge in [0.05, 0.1) is 16.3 Å². The van der Waals surface area contributed by atoms with Crippen molar-refractivity contribution in [1.82, 2.24) is 14.1 Å². The standard InChI is InChI=1S/C28H32ClN3O5S2/c1-28(2,3)37-27(34)31-12-9-24-21(18-31)17-25(38-24)26(33)30-10-4-11-32(14-13-30)39(35,36)23-8-6-19-15-22(29)7-5-20(19)16-23/h5-8,15-17H,4,9-14,18H2,1-3H3. The van der Waals surface area contributed by atoms with Crippen molar-refractivity contribution in [2.75, 3.05) is 32.7 Å². The second-order valence-electron chi connectivity index (χ2n) is 10.9. The molecule has 39 heavy (non-hydrogen) atoms. The number of halogens is 1. The van der Waals surface area contributed by atoms with E-state index in [1.165, 1.54) is 15.6 Å². The normalized spacial score (nSPS) is 17.1. The Morgan fingerprint density at radius 2 is 1.67 bits per heavy atom. The molecule has 0 N–H and O–H groups in total. The molecule has 0 radical (unpaired) electrons. The Hall–Kier alpha value is -2.66. The van der Waals surface area contributed by atoms with Crippen LogP contribution in [-0.4, -0.2) is 72.8 Å². The Morgan fingerprint density at radius 3 is 2.44 bits per heavy atom. The second-order valence-corrected chi connectivity index (χ2v) is 14.4. The number of sulfonamides is 1. The number of hydrogen-bond donors (Lipinski definition) is 0. The lowest BCUT2D eigenvalue weighted by molar-refractivity contribution is 0.0225. The molecule has 8 nitrogen and oxygen atoms in total. The number of thiophene rings is 1. The van der Waals surface area contributed by atoms with Crippen LogP contribution in [0.2, 0.25) is 5.02 Å². The first-order valence-corrected chi connectivity index (χ1v) is 15.6. The van der Waals surface area contributed by atoms with Gasteiger partial charge < -0.3 is 14.5 Å². The zero-order valence-electron chi connectivity index (χ0n) is 22.3. The predicted molar refractivity (Wildman–Crippen MR) is 153 cm³/mol. The first-order valence-electron chi connectivity index (χ1n) is 13.0. The van der Waals surface area contributed by atoms with Crippen molar-refractivity contribution in [1.29, 1.82) is 0 Å². The van der Waals surface area contributed by atoms with Gasteiger partial charge in [-0.05, 0) is 80.3 Å². The van der Waals surface area contributed by atoms with Gasteiger partial charge in [0.2, 0.25) is 10.0 Å². The maximum absolute atomic E-state index is 13.5. The summed E-state index contributed by atoms with van der Waals surface area (Å²) in [6.07, 6.45) is 0.874. The van der Waals surface area contributed by atoms with Crippen molar-refractivity contribution < 1.29 is 22.7 Å². The van der Waals surface area contributed by atoms with Crippen LogP contribution in [0.25, 0.3) is 10.8 Å². The minimum atomic E-state index is -3.71. The molecule has 2 aromatic carbocycles. The van der Waals surface area contributed by atoms with Crippen molar-refractivity contribution in [2.45, 2.75) is 50.7 Å². The maximum Gasteiger partial charge on any atom is 0.410 e. The van der Waals surface area contributed by atoms with E-state index in [-0.39, 0.29) is 23.4 Å². The summed E-state index contributed by atoms with van der Waals surface area (Å²) in [5, 5.41) is 2.28. The van der Waals surface area contributed by atoms with Gasteiger partial charge in [-0.15, -0.1) is 11.3 Å². The van der Waals surface area contributed by atoms with Crippen molar-refractivity contribution >= 4 is 55.7 Å². The van der Waals surface area contributed by atoms with Gasteiger partial charge in [0.1, 0.15) is 5.60 Å². The first-order chi connectivity index (χ1) is 18.4. The number of carbonyl (C=O) groups is 2. The Kier molecular flexibility index (Phi) is 7.67. The summed E-state index contributed by atoms with van der Waals surface area (Å²) in [6, 6.07) is 12.3. The molecule has 1 fully saturated rings. The lowest BCUT2D eigenvalue weighted by Crippen LogP contribution is -2.39. The molecule has 3 heterocycles. The third-order valence-corrected chi connectivity index (χ3v) is 10.2. The molecule has 0 aliphatic carbocycles. The molecule has 2 aliphatic heterocycles. The summed E-state index contributed by atoms with van der Waals surface area (Å²) in [6.45, 7) is 7.85. The van der Waals surface area contributed by atoms with Crippen LogP contribution in [0.5, 0.6) is 0 Å². The van der Waals surface area contributed by atoms with E-state index in [0.29, 0.717) is 55.5 Å². The Morgan fingerprint density at radius 1 is 0.923 bits per heavy atom. The van der Waals surface area contributed by atoms with Gasteiger partial charge in [-0.3, -0.25) is 4.79 Å². The molecule has 1 saturated heterocycles. The number of nitrogens with zero attached hydrogens (tertiary/aromatic N) is 3. The van der Waals surface area contributed by atoms with E-state index in [9.17, 15) is 18.0 Å². The molecule has 5 rings (SSSR count). The van der Waals surface area contributed by atoms with Crippen LogP contribution in [-0.2, 0) is 27.7 Å². The average Bonchev–Trinajstić information content (AvgIpc) is 3.14. The third-order valence-electron chi connectivity index (χ3n) is 6.88. The topological polar surface area (TPSA) is 87.2 Å². The highest BCUT2D eigenvalue weighted by atomic mass is 35.5. The largest absolute Gasteiger partial charge is 0.444 e. The number of benzene rings is 2. The van der Waals surface area contributed by atoms with Crippen LogP contribution in [0, 0.1) is 0 Å². The van der Waals surface area contributed by atoms with Gasteiger partial charge in [-0.2, -0.15) is 4.31 Å². The second kappa shape index (κ2) is 10.7. The number of ether oxygens (including phenoxy) is 1. The van der Waals surface area contributed by atoms with Gasteiger partial charge in [-0.1, -0.05) is 23.7 Å². The number of hydrogen-bond acceptors (Lipinski definition) is 6. The van der Waals surface area contributed by atoms with Crippen LogP contribution in [0.4, 0.5) is 4.79 Å². The van der Waals surface area contributed by atoms with Crippen molar-refractivity contribution in [2.24, 2.45) is 0 Å². The summed E-state index contributed by atoms with van der Waals surface area (Å²) in [5.41, 5.74) is 0.404. The molecule has 0 saturated carbocycles. The smallest absolute Gasteiger partial charge is 0.410 e. The molecule has 11 heteroatoms. The summed E-state index contributed by atoms with van der Waals surface area (Å²) < 4.78 is 33.9. The first kappa shape index (κ1) is 27.9. The Labute approximate surface area is 238 Å². The monoisotopic (exact) mass is 589 g/mol. The van der Waals surface area contributed by atoms with Gasteiger partial charge in [-0.25, -0.2) is 13.2 Å². The molecule has 2 amide bonds. The van der Waals surface area contributed by atoms with Crippen LogP contribution in [0.1, 0.15) is 47.3 Å². The number of amides is 2. The zero-order valence-corrected chi connectivity index (χ0v) is 24.7. The van der Waals surface area contributed by atoms with E-state index in [4.69, 9.17) is 16.3 Å². The molecule has 0 atom stereocenters. The summed E-state index contributed by atoms with van der Waals surface area (Å²) in [4.78, 5) is 31.3. The predicted octanol–water partition coefficient (Wildman–Crippen LogP) is 5.38. The summed E-state index contributed by atoms with van der Waals surface area (Å²) in [5.74, 6) is -0.0972. The number of rotatable bonds is 3. The quantitative estimate of drug-likeness (QED) is 0.409. The van der Waals surface area contributed by atoms with E-state index >= 15 is 0 Å². The van der Waals surface area contributed by atoms with E-state index in [1.54, 1.807) is 40.1 Å². The minimum Gasteiger partial charge on any atom is -0.444 e. The number of carbonyl (C=O) groups excluding carboxylic acids is 2. The van der Waals surface area contributed by atoms with Crippen molar-refractivity contribution in [3.63, 3.8) is 0 Å². The molecule has 2 aliphatic rings. The SMILES string of the molecule is CC(C)(C)OC(=O)N1CCc2sc(C(=O)N3CCCN(S(=O)(=O)c4ccc5cc(Cl)ccc5c4)CC3)cc2C1. The lowest BCUT2D eigenvalue weighted by atomic mass is 10.1. The lowest BCUT2D eigenvalue weighted by Gasteiger charge is -2.29. The molecule has 208 valence electrons. The fourth-order valence-corrected chi connectivity index (χ4v) is 7.74. The van der Waals surface area contributed by atoms with Gasteiger partial charge in [0, 0.05) is 42.6 Å². The van der Waals surface area contributed by atoms with Gasteiger partial charge in [0.25, 0.3) is 5.91 Å². The molecule has 0 spiro atoms. The van der Waals surface area contributed by atoms with Gasteiger partial charge >= 0.3 is 6.09 Å². The highest BCUT2D eigenvalue weighted by molar-refractivity contribution is 7.89. The summed E-state index contributed by atoms with van der Waals surface area (Å²) in [7, 11) is -3.71. The Balaban J connectivity index is 1.26. The van der Waals surface area contributed by atoms with Crippen LogP contribution in [0.15, 0.2) is 47.4 Å².